The van der Waals surface area contributed by atoms with Crippen LogP contribution in [0.3, 0.4) is 0 Å². The summed E-state index contributed by atoms with van der Waals surface area (Å²) in [6, 6.07) is 13.1. The predicted molar refractivity (Wildman–Crippen MR) is 125 cm³/mol. The van der Waals surface area contributed by atoms with Crippen LogP contribution in [0.15, 0.2) is 53.4 Å². The number of nitrogens with zero attached hydrogens (tertiary/aromatic N) is 1. The number of phenolic OH excluding ortho intramolecular Hbond substituents is 1. The van der Waals surface area contributed by atoms with E-state index in [4.69, 9.17) is 9.47 Å². The number of rotatable bonds is 5. The summed E-state index contributed by atoms with van der Waals surface area (Å²) in [4.78, 5) is 14.2. The highest BCUT2D eigenvalue weighted by atomic mass is 32.2. The zero-order valence-electron chi connectivity index (χ0n) is 17.6. The lowest BCUT2D eigenvalue weighted by atomic mass is 10.1. The summed E-state index contributed by atoms with van der Waals surface area (Å²) in [5.74, 6) is 0.722. The van der Waals surface area contributed by atoms with Crippen molar-refractivity contribution in [2.75, 3.05) is 31.6 Å². The van der Waals surface area contributed by atoms with Crippen molar-refractivity contribution in [3.8, 4) is 27.7 Å². The van der Waals surface area contributed by atoms with E-state index >= 15 is 0 Å². The van der Waals surface area contributed by atoms with Gasteiger partial charge in [-0.1, -0.05) is 0 Å². The minimum atomic E-state index is -3.67. The second kappa shape index (κ2) is 8.69. The second-order valence-corrected chi connectivity index (χ2v) is 10.8. The van der Waals surface area contributed by atoms with Gasteiger partial charge < -0.3 is 19.9 Å². The van der Waals surface area contributed by atoms with Crippen LogP contribution in [0.4, 0.5) is 5.69 Å². The molecule has 3 heterocycles. The molecule has 1 aromatic heterocycles. The van der Waals surface area contributed by atoms with Gasteiger partial charge >= 0.3 is 0 Å². The molecular weight excluding hydrogens is 464 g/mol. The average Bonchev–Trinajstić information content (AvgIpc) is 3.53. The Labute approximate surface area is 195 Å². The second-order valence-electron chi connectivity index (χ2n) is 7.77. The number of hydrogen-bond donors (Lipinski definition) is 2. The monoisotopic (exact) mass is 486 g/mol. The molecule has 2 aromatic carbocycles. The number of sulfonamides is 1. The van der Waals surface area contributed by atoms with E-state index in [2.05, 4.69) is 5.32 Å². The first-order chi connectivity index (χ1) is 15.9. The van der Waals surface area contributed by atoms with Crippen molar-refractivity contribution in [2.45, 2.75) is 17.7 Å². The molecule has 33 heavy (non-hydrogen) atoms. The van der Waals surface area contributed by atoms with Crippen LogP contribution in [-0.4, -0.2) is 50.0 Å². The molecule has 3 aromatic rings. The number of anilines is 1. The third kappa shape index (κ3) is 4.29. The third-order valence-corrected chi connectivity index (χ3v) is 8.60. The molecule has 0 spiro atoms. The zero-order valence-corrected chi connectivity index (χ0v) is 19.2. The molecule has 0 bridgehead atoms. The topological polar surface area (TPSA) is 105 Å². The number of carbonyl (C=O) groups is 1. The van der Waals surface area contributed by atoms with E-state index in [1.165, 1.54) is 33.8 Å². The van der Waals surface area contributed by atoms with E-state index in [1.54, 1.807) is 6.07 Å². The quantitative estimate of drug-likeness (QED) is 0.530. The molecule has 0 radical (unpaired) electrons. The smallest absolute Gasteiger partial charge is 0.265 e. The lowest BCUT2D eigenvalue weighted by Crippen LogP contribution is -2.27. The Morgan fingerprint density at radius 1 is 0.970 bits per heavy atom. The first-order valence-corrected chi connectivity index (χ1v) is 12.8. The first-order valence-electron chi connectivity index (χ1n) is 10.6. The molecule has 2 aliphatic rings. The molecular formula is C23H22N2O6S2. The Morgan fingerprint density at radius 3 is 2.52 bits per heavy atom. The van der Waals surface area contributed by atoms with Crippen LogP contribution in [0, 0.1) is 0 Å². The summed E-state index contributed by atoms with van der Waals surface area (Å²) in [7, 11) is -3.67. The highest BCUT2D eigenvalue weighted by Gasteiger charge is 2.28. The van der Waals surface area contributed by atoms with Gasteiger partial charge in [-0.2, -0.15) is 4.31 Å². The summed E-state index contributed by atoms with van der Waals surface area (Å²) in [6.45, 7) is 1.96. The molecule has 1 saturated heterocycles. The fourth-order valence-electron chi connectivity index (χ4n) is 3.85. The van der Waals surface area contributed by atoms with Crippen molar-refractivity contribution >= 4 is 33.0 Å². The van der Waals surface area contributed by atoms with Gasteiger partial charge in [0.05, 0.1) is 15.5 Å². The Bertz CT molecular complexity index is 1310. The number of phenols is 1. The van der Waals surface area contributed by atoms with Gasteiger partial charge in [0, 0.05) is 18.0 Å². The largest absolute Gasteiger partial charge is 0.506 e. The maximum atomic E-state index is 12.8. The Kier molecular flexibility index (Phi) is 5.73. The summed E-state index contributed by atoms with van der Waals surface area (Å²) in [5.41, 5.74) is 0.944. The van der Waals surface area contributed by atoms with Gasteiger partial charge in [0.1, 0.15) is 19.0 Å². The molecule has 1 fully saturated rings. The molecule has 5 rings (SSSR count). The van der Waals surface area contributed by atoms with Crippen LogP contribution >= 0.6 is 11.3 Å². The van der Waals surface area contributed by atoms with Crippen molar-refractivity contribution in [2.24, 2.45) is 0 Å². The van der Waals surface area contributed by atoms with Crippen molar-refractivity contribution in [1.82, 2.24) is 4.31 Å². The maximum absolute atomic E-state index is 12.8. The fourth-order valence-corrected chi connectivity index (χ4v) is 6.29. The summed E-state index contributed by atoms with van der Waals surface area (Å²) in [6.07, 6.45) is 1.65. The molecule has 2 N–H and O–H groups in total. The van der Waals surface area contributed by atoms with Gasteiger partial charge in [0.15, 0.2) is 11.5 Å². The standard InChI is InChI=1S/C23H22N2O6S2/c26-18-5-4-16(33(28,29)25-9-1-2-10-25)14-17(18)24-23(27)22-8-7-21(32-22)15-3-6-19-20(13-15)31-12-11-30-19/h3-8,13-14,26H,1-2,9-12H2,(H,24,27). The number of benzene rings is 2. The molecule has 172 valence electrons. The zero-order chi connectivity index (χ0) is 23.0. The number of carbonyl (C=O) groups excluding carboxylic acids is 1. The van der Waals surface area contributed by atoms with Gasteiger partial charge in [-0.3, -0.25) is 4.79 Å². The molecule has 2 aliphatic heterocycles. The van der Waals surface area contributed by atoms with Crippen molar-refractivity contribution in [3.05, 3.63) is 53.4 Å². The molecule has 0 unspecified atom stereocenters. The molecule has 0 atom stereocenters. The van der Waals surface area contributed by atoms with E-state index in [0.717, 1.165) is 23.3 Å². The van der Waals surface area contributed by atoms with Gasteiger partial charge in [-0.25, -0.2) is 8.42 Å². The van der Waals surface area contributed by atoms with Crippen LogP contribution < -0.4 is 14.8 Å². The number of ether oxygens (including phenoxy) is 2. The number of aromatic hydroxyl groups is 1. The van der Waals surface area contributed by atoms with Crippen LogP contribution in [0.5, 0.6) is 17.2 Å². The van der Waals surface area contributed by atoms with E-state index in [-0.39, 0.29) is 16.3 Å². The van der Waals surface area contributed by atoms with Crippen molar-refractivity contribution < 1.29 is 27.8 Å². The van der Waals surface area contributed by atoms with E-state index in [9.17, 15) is 18.3 Å². The third-order valence-electron chi connectivity index (χ3n) is 5.58. The number of thiophene rings is 1. The number of nitrogens with one attached hydrogen (secondary N) is 1. The number of hydrogen-bond acceptors (Lipinski definition) is 7. The van der Waals surface area contributed by atoms with E-state index in [1.807, 2.05) is 24.3 Å². The molecule has 0 aliphatic carbocycles. The molecule has 8 nitrogen and oxygen atoms in total. The van der Waals surface area contributed by atoms with Gasteiger partial charge in [0.25, 0.3) is 5.91 Å². The molecule has 1 amide bonds. The SMILES string of the molecule is O=C(Nc1cc(S(=O)(=O)N2CCCC2)ccc1O)c1ccc(-c2ccc3c(c2)OCCO3)s1. The normalized spacial score (nSPS) is 16.0. The number of amides is 1. The summed E-state index contributed by atoms with van der Waals surface area (Å²) in [5, 5.41) is 12.9. The van der Waals surface area contributed by atoms with E-state index in [0.29, 0.717) is 42.7 Å². The minimum Gasteiger partial charge on any atom is -0.506 e. The first kappa shape index (κ1) is 21.7. The lowest BCUT2D eigenvalue weighted by molar-refractivity contribution is 0.103. The fraction of sp³-hybridized carbons (Fsp3) is 0.261. The van der Waals surface area contributed by atoms with Gasteiger partial charge in [-0.15, -0.1) is 11.3 Å². The number of fused-ring (bicyclic) bond motifs is 1. The minimum absolute atomic E-state index is 0.0423. The van der Waals surface area contributed by atoms with Crippen LogP contribution in [0.2, 0.25) is 0 Å². The predicted octanol–water partition coefficient (Wildman–Crippen LogP) is 3.93. The van der Waals surface area contributed by atoms with Crippen LogP contribution in [-0.2, 0) is 10.0 Å². The van der Waals surface area contributed by atoms with Crippen molar-refractivity contribution in [3.63, 3.8) is 0 Å². The summed E-state index contributed by atoms with van der Waals surface area (Å²) < 4.78 is 38.3. The Balaban J connectivity index is 1.36. The molecule has 10 heteroatoms. The molecule has 0 saturated carbocycles. The van der Waals surface area contributed by atoms with Gasteiger partial charge in [-0.05, 0) is 66.9 Å². The Morgan fingerprint density at radius 2 is 1.73 bits per heavy atom. The highest BCUT2D eigenvalue weighted by Crippen LogP contribution is 2.37. The highest BCUT2D eigenvalue weighted by molar-refractivity contribution is 7.89. The summed E-state index contributed by atoms with van der Waals surface area (Å²) >= 11 is 1.28. The van der Waals surface area contributed by atoms with Crippen molar-refractivity contribution in [1.29, 1.82) is 0 Å². The van der Waals surface area contributed by atoms with E-state index < -0.39 is 15.9 Å². The Hall–Kier alpha value is -3.08. The van der Waals surface area contributed by atoms with Crippen LogP contribution in [0.25, 0.3) is 10.4 Å². The maximum Gasteiger partial charge on any atom is 0.265 e. The lowest BCUT2D eigenvalue weighted by Gasteiger charge is -2.18. The average molecular weight is 487 g/mol. The van der Waals surface area contributed by atoms with Gasteiger partial charge in [0.2, 0.25) is 10.0 Å². The van der Waals surface area contributed by atoms with Crippen LogP contribution in [0.1, 0.15) is 22.5 Å².